The number of aliphatic hydroxyl groups excluding tert-OH is 1. The zero-order valence-corrected chi connectivity index (χ0v) is 51.4. The van der Waals surface area contributed by atoms with Crippen LogP contribution in [0.1, 0.15) is 100 Å². The number of benzene rings is 3. The first kappa shape index (κ1) is 64.5. The van der Waals surface area contributed by atoms with Crippen molar-refractivity contribution in [3.05, 3.63) is 104 Å². The molecule has 7 amide bonds. The molecule has 26 heteroatoms. The van der Waals surface area contributed by atoms with Crippen molar-refractivity contribution in [3.8, 4) is 10.4 Å². The molecule has 0 aliphatic carbocycles. The summed E-state index contributed by atoms with van der Waals surface area (Å²) in [7, 11) is -4.31. The second-order valence-corrected chi connectivity index (χ2v) is 27.5. The third kappa shape index (κ3) is 15.8. The summed E-state index contributed by atoms with van der Waals surface area (Å²) in [6.07, 6.45) is -0.993. The van der Waals surface area contributed by atoms with Gasteiger partial charge in [-0.3, -0.25) is 38.1 Å². The van der Waals surface area contributed by atoms with Crippen molar-refractivity contribution in [2.24, 2.45) is 10.8 Å². The lowest BCUT2D eigenvalue weighted by atomic mass is 9.85. The monoisotopic (exact) mass is 1270 g/mol. The molecule has 2 aliphatic heterocycles. The molecule has 2 saturated heterocycles. The van der Waals surface area contributed by atoms with E-state index in [-0.39, 0.29) is 55.7 Å². The van der Waals surface area contributed by atoms with Crippen LogP contribution in [-0.2, 0) is 50.3 Å². The Morgan fingerprint density at radius 2 is 1.47 bits per heavy atom. The molecule has 3 aromatic carbocycles. The summed E-state index contributed by atoms with van der Waals surface area (Å²) in [5, 5.41) is 22.1. The average molecular weight is 1270 g/mol. The number of halogens is 3. The Labute approximate surface area is 496 Å². The lowest BCUT2D eigenvalue weighted by Crippen LogP contribution is -2.57. The highest BCUT2D eigenvalue weighted by molar-refractivity contribution is 9.10. The minimum atomic E-state index is -5.87. The van der Waals surface area contributed by atoms with Gasteiger partial charge in [0.05, 0.1) is 33.2 Å². The Kier molecular flexibility index (Phi) is 20.6. The number of fused-ring (bicyclic) bond motifs is 1. The lowest BCUT2D eigenvalue weighted by Gasteiger charge is -2.36. The fourth-order valence-electron chi connectivity index (χ4n) is 9.83. The van der Waals surface area contributed by atoms with E-state index in [1.807, 2.05) is 31.2 Å². The van der Waals surface area contributed by atoms with E-state index in [2.05, 4.69) is 42.2 Å². The fourth-order valence-corrected chi connectivity index (χ4v) is 12.3. The number of alkyl halides is 2. The van der Waals surface area contributed by atoms with Gasteiger partial charge in [0.15, 0.2) is 0 Å². The van der Waals surface area contributed by atoms with Crippen molar-refractivity contribution in [1.82, 2.24) is 36.1 Å². The molecule has 83 heavy (non-hydrogen) atoms. The maximum absolute atomic E-state index is 14.8. The first-order chi connectivity index (χ1) is 38.8. The van der Waals surface area contributed by atoms with E-state index in [9.17, 15) is 61.8 Å². The molecule has 0 radical (unpaired) electrons. The van der Waals surface area contributed by atoms with E-state index in [0.29, 0.717) is 23.2 Å². The van der Waals surface area contributed by atoms with Crippen molar-refractivity contribution in [2.45, 2.75) is 129 Å². The number of likely N-dealkylation sites (N-methyl/N-ethyl adjacent to an activating group) is 1. The number of aryl methyl sites for hydroxylation is 1. The van der Waals surface area contributed by atoms with Gasteiger partial charge in [-0.1, -0.05) is 87.8 Å². The molecule has 448 valence electrons. The van der Waals surface area contributed by atoms with E-state index < -0.39 is 114 Å². The minimum absolute atomic E-state index is 0.00907. The molecule has 0 saturated carbocycles. The van der Waals surface area contributed by atoms with Crippen molar-refractivity contribution >= 4 is 103 Å². The summed E-state index contributed by atoms with van der Waals surface area (Å²) in [4.78, 5) is 125. The number of ether oxygens (including phenoxy) is 1. The highest BCUT2D eigenvalue weighted by atomic mass is 79.9. The van der Waals surface area contributed by atoms with Crippen molar-refractivity contribution in [3.63, 3.8) is 0 Å². The van der Waals surface area contributed by atoms with Crippen LogP contribution in [0.5, 0.6) is 0 Å². The predicted molar refractivity (Wildman–Crippen MR) is 314 cm³/mol. The molecular weight excluding hydrogens is 1200 g/mol. The van der Waals surface area contributed by atoms with Gasteiger partial charge in [-0.25, -0.2) is 4.98 Å². The molecule has 6 atom stereocenters. The van der Waals surface area contributed by atoms with Crippen molar-refractivity contribution < 1.29 is 66.5 Å². The number of aromatic nitrogens is 1. The number of hydrogen-bond donors (Lipinski definition) is 7. The minimum Gasteiger partial charge on any atom is -0.391 e. The number of carbonyl (C=O) groups excluding carboxylic acids is 7. The molecular formula is C57H70BrF2N8O12PS2. The largest absolute Gasteiger partial charge is 0.399 e. The number of rotatable bonds is 21. The van der Waals surface area contributed by atoms with Crippen LogP contribution in [0.2, 0.25) is 0 Å². The Balaban J connectivity index is 0.919. The molecule has 7 rings (SSSR count). The van der Waals surface area contributed by atoms with Gasteiger partial charge in [0.25, 0.3) is 5.91 Å². The molecule has 0 spiro atoms. The third-order valence-corrected chi connectivity index (χ3v) is 18.1. The summed E-state index contributed by atoms with van der Waals surface area (Å²) in [6, 6.07) is 14.6. The third-order valence-electron chi connectivity index (χ3n) is 14.5. The Hall–Kier alpha value is -6.05. The van der Waals surface area contributed by atoms with E-state index in [1.54, 1.807) is 89.7 Å². The summed E-state index contributed by atoms with van der Waals surface area (Å²) in [5.41, 5.74) is -2.04. The maximum atomic E-state index is 14.8. The van der Waals surface area contributed by atoms with E-state index in [1.165, 1.54) is 26.8 Å². The highest BCUT2D eigenvalue weighted by Gasteiger charge is 2.51. The van der Waals surface area contributed by atoms with Crippen molar-refractivity contribution in [2.75, 3.05) is 38.2 Å². The number of thiazole rings is 1. The Morgan fingerprint density at radius 3 is 2.08 bits per heavy atom. The molecule has 2 aromatic heterocycles. The van der Waals surface area contributed by atoms with Gasteiger partial charge in [0, 0.05) is 72.9 Å². The molecule has 7 N–H and O–H groups in total. The molecule has 2 fully saturated rings. The number of thiophene rings is 1. The molecule has 4 heterocycles. The summed E-state index contributed by atoms with van der Waals surface area (Å²) < 4.78 is 47.9. The number of β-amino-alcohol motifs (C(OH)–C–C–N with tert-alkyl or cyclic N) is 1. The normalized spacial score (nSPS) is 18.4. The van der Waals surface area contributed by atoms with Gasteiger partial charge in [-0.05, 0) is 89.6 Å². The van der Waals surface area contributed by atoms with Crippen LogP contribution in [0.15, 0.2) is 82.8 Å². The van der Waals surface area contributed by atoms with Crippen LogP contribution in [0.3, 0.4) is 0 Å². The smallest absolute Gasteiger partial charge is 0.391 e. The summed E-state index contributed by atoms with van der Waals surface area (Å²) in [5.74, 6) is -3.67. The van der Waals surface area contributed by atoms with Crippen LogP contribution in [0.4, 0.5) is 14.5 Å². The van der Waals surface area contributed by atoms with Gasteiger partial charge >= 0.3 is 13.3 Å². The van der Waals surface area contributed by atoms with Gasteiger partial charge in [-0.15, -0.1) is 22.7 Å². The zero-order chi connectivity index (χ0) is 60.9. The second-order valence-electron chi connectivity index (χ2n) is 23.0. The highest BCUT2D eigenvalue weighted by Crippen LogP contribution is 2.59. The number of nitrogens with zero attached hydrogens (tertiary/aromatic N) is 4. The number of carbonyl (C=O) groups is 7. The second kappa shape index (κ2) is 26.5. The average Bonchev–Trinajstić information content (AvgIpc) is 4.43. The molecule has 20 nitrogen and oxygen atoms in total. The number of amides is 7. The fraction of sp³-hybridized carbons (Fsp3) is 0.474. The van der Waals surface area contributed by atoms with Gasteiger partial charge < -0.3 is 55.6 Å². The van der Waals surface area contributed by atoms with Crippen LogP contribution in [0, 0.1) is 17.8 Å². The SMILES string of the molecule is Cc1ncsc1-c1ccc(CNC(=O)[C@@H]2C[C@@H](O)CN2C(=O)C(NC(=O)CCCCNC(=O)CO[C@@H]2C[C@@H](C(=O)N(C)c3ccc(Br)cc3)N(C(=O)C(NC(=O)c3cc4cc(C(F)(F)P(=O)(O)O)ccc4s3)C(C)(C)C)C2)C(C)(C)C)cc1. The summed E-state index contributed by atoms with van der Waals surface area (Å²) in [6.45, 7) is 12.2. The van der Waals surface area contributed by atoms with Crippen LogP contribution in [0.25, 0.3) is 20.5 Å². The topological polar surface area (TPSA) is 277 Å². The Bertz CT molecular complexity index is 3260. The van der Waals surface area contributed by atoms with E-state index >= 15 is 0 Å². The lowest BCUT2D eigenvalue weighted by molar-refractivity contribution is -0.144. The summed E-state index contributed by atoms with van der Waals surface area (Å²) >= 11 is 5.86. The number of likely N-dealkylation sites (tertiary alicyclic amines) is 2. The maximum Gasteiger partial charge on any atom is 0.399 e. The van der Waals surface area contributed by atoms with Gasteiger partial charge in [0.2, 0.25) is 35.4 Å². The number of anilines is 1. The molecule has 2 aliphatic rings. The number of unbranched alkanes of at least 4 members (excludes halogenated alkanes) is 1. The van der Waals surface area contributed by atoms with Gasteiger partial charge in [0.1, 0.15) is 30.8 Å². The quantitative estimate of drug-likeness (QED) is 0.0283. The first-order valence-corrected chi connectivity index (χ1v) is 31.0. The molecule has 0 bridgehead atoms. The van der Waals surface area contributed by atoms with Gasteiger partial charge in [-0.2, -0.15) is 8.78 Å². The van der Waals surface area contributed by atoms with Crippen molar-refractivity contribution in [1.29, 1.82) is 0 Å². The van der Waals surface area contributed by atoms with E-state index in [4.69, 9.17) is 4.74 Å². The Morgan fingerprint density at radius 1 is 0.831 bits per heavy atom. The van der Waals surface area contributed by atoms with Crippen LogP contribution < -0.4 is 26.2 Å². The number of aliphatic hydroxyl groups is 1. The first-order valence-electron chi connectivity index (χ1n) is 26.9. The molecule has 5 aromatic rings. The number of hydrogen-bond acceptors (Lipinski definition) is 13. The van der Waals surface area contributed by atoms with Crippen LogP contribution in [-0.4, -0.2) is 141 Å². The van der Waals surface area contributed by atoms with Crippen LogP contribution >= 0.6 is 46.2 Å². The van der Waals surface area contributed by atoms with E-state index in [0.717, 1.165) is 49.6 Å². The molecule has 2 unspecified atom stereocenters. The standard InChI is InChI=1S/C57H70BrF2N8O12PS2/c1-32-47(82-31-63-32)34-14-12-33(13-15-34)27-62-50(72)41-25-39(69)28-67(41)53(75)48(55(2,3)4)64-45(70)11-9-10-22-61-46(71)30-80-40-26-42(52(74)66(8)38-19-17-37(58)18-20-38)68(29-40)54(76)49(56(5,6)7)65-51(73)44-24-35-23-36(16-21-43(35)83-44)57(59,60)81(77,78)79/h12-21,23-24,31,39-42,48-49,69H,9-11,22,25-30H2,1-8H3,(H,61,71)(H,62,72)(H,64,70)(H,65,73)(H2,77,78,79)/t39-,40-,41+,42+,48?,49?/m1/s1. The number of nitrogens with one attached hydrogen (secondary N) is 4. The predicted octanol–water partition coefficient (Wildman–Crippen LogP) is 7.21. The zero-order valence-electron chi connectivity index (χ0n) is 47.2.